The molecule has 1 saturated heterocycles. The number of ketones is 1. The first-order valence-electron chi connectivity index (χ1n) is 7.67. The highest BCUT2D eigenvalue weighted by Crippen LogP contribution is 2.32. The Morgan fingerprint density at radius 2 is 2.25 bits per heavy atom. The van der Waals surface area contributed by atoms with Gasteiger partial charge in [0.05, 0.1) is 10.6 Å². The van der Waals surface area contributed by atoms with Crippen LogP contribution < -0.4 is 4.90 Å². The fourth-order valence-corrected chi connectivity index (χ4v) is 4.38. The molecular weight excluding hydrogens is 270 g/mol. The molecule has 1 unspecified atom stereocenters. The van der Waals surface area contributed by atoms with Crippen molar-refractivity contribution in [2.75, 3.05) is 31.6 Å². The second-order valence-electron chi connectivity index (χ2n) is 5.85. The lowest BCUT2D eigenvalue weighted by Crippen LogP contribution is -2.38. The molecule has 0 amide bonds. The van der Waals surface area contributed by atoms with E-state index in [0.717, 1.165) is 41.6 Å². The summed E-state index contributed by atoms with van der Waals surface area (Å²) in [5.41, 5.74) is 1.03. The van der Waals surface area contributed by atoms with E-state index >= 15 is 0 Å². The average Bonchev–Trinajstić information content (AvgIpc) is 3.05. The van der Waals surface area contributed by atoms with E-state index < -0.39 is 0 Å². The first-order valence-corrected chi connectivity index (χ1v) is 8.48. The molecule has 110 valence electrons. The van der Waals surface area contributed by atoms with Gasteiger partial charge in [-0.25, -0.2) is 4.98 Å². The van der Waals surface area contributed by atoms with Gasteiger partial charge in [-0.1, -0.05) is 18.3 Å². The Kier molecular flexibility index (Phi) is 4.08. The summed E-state index contributed by atoms with van der Waals surface area (Å²) in [5.74, 6) is 0.291. The maximum atomic E-state index is 11.9. The van der Waals surface area contributed by atoms with Crippen molar-refractivity contribution < 1.29 is 4.79 Å². The number of nitrogens with zero attached hydrogens (tertiary/aromatic N) is 3. The summed E-state index contributed by atoms with van der Waals surface area (Å²) in [6, 6.07) is 0.640. The number of hydrogen-bond donors (Lipinski definition) is 0. The summed E-state index contributed by atoms with van der Waals surface area (Å²) in [4.78, 5) is 22.3. The molecule has 1 aliphatic carbocycles. The Morgan fingerprint density at radius 3 is 3.00 bits per heavy atom. The number of aryl methyl sites for hydroxylation is 1. The summed E-state index contributed by atoms with van der Waals surface area (Å²) in [5, 5.41) is 1.02. The molecule has 4 nitrogen and oxygen atoms in total. The van der Waals surface area contributed by atoms with Crippen LogP contribution in [0.1, 0.15) is 48.0 Å². The summed E-state index contributed by atoms with van der Waals surface area (Å²) in [6.07, 6.45) is 5.22. The third-order valence-corrected chi connectivity index (χ3v) is 5.73. The molecular formula is C15H23N3OS. The lowest BCUT2D eigenvalue weighted by molar-refractivity contribution is 0.0976. The van der Waals surface area contributed by atoms with Crippen LogP contribution in [-0.2, 0) is 6.42 Å². The maximum Gasteiger partial charge on any atom is 0.186 e. The van der Waals surface area contributed by atoms with Gasteiger partial charge in [-0.15, -0.1) is 0 Å². The fraction of sp³-hybridized carbons (Fsp3) is 0.733. The number of thiazole rings is 1. The van der Waals surface area contributed by atoms with E-state index in [9.17, 15) is 4.79 Å². The third kappa shape index (κ3) is 2.61. The molecule has 0 aromatic carbocycles. The van der Waals surface area contributed by atoms with Crippen LogP contribution in [0.25, 0.3) is 0 Å². The van der Waals surface area contributed by atoms with Crippen LogP contribution in [0, 0.1) is 0 Å². The number of likely N-dealkylation sites (N-methyl/N-ethyl adjacent to an activating group) is 2. The molecule has 0 N–H and O–H groups in total. The van der Waals surface area contributed by atoms with Gasteiger partial charge in [0.2, 0.25) is 0 Å². The molecule has 1 atom stereocenters. The molecule has 5 heteroatoms. The van der Waals surface area contributed by atoms with E-state index in [1.54, 1.807) is 11.3 Å². The smallest absolute Gasteiger partial charge is 0.186 e. The van der Waals surface area contributed by atoms with Crippen molar-refractivity contribution in [3.63, 3.8) is 0 Å². The number of carbonyl (C=O) groups is 1. The summed E-state index contributed by atoms with van der Waals surface area (Å²) < 4.78 is 0. The van der Waals surface area contributed by atoms with Gasteiger partial charge in [0.1, 0.15) is 0 Å². The highest BCUT2D eigenvalue weighted by molar-refractivity contribution is 7.17. The molecule has 0 radical (unpaired) electrons. The van der Waals surface area contributed by atoms with Crippen LogP contribution in [0.15, 0.2) is 0 Å². The number of carbonyl (C=O) groups excluding carboxylic acids is 1. The lowest BCUT2D eigenvalue weighted by atomic mass is 10.0. The van der Waals surface area contributed by atoms with Crippen LogP contribution in [-0.4, -0.2) is 48.4 Å². The number of hydrogen-bond acceptors (Lipinski definition) is 5. The largest absolute Gasteiger partial charge is 0.350 e. The number of Topliss-reactive ketones (excluding diaryl/α,β-unsaturated/α-hetero) is 1. The number of anilines is 1. The molecule has 0 spiro atoms. The van der Waals surface area contributed by atoms with Crippen molar-refractivity contribution in [1.29, 1.82) is 0 Å². The zero-order chi connectivity index (χ0) is 14.1. The zero-order valence-electron chi connectivity index (χ0n) is 12.4. The minimum Gasteiger partial charge on any atom is -0.350 e. The first kappa shape index (κ1) is 14.0. The minimum atomic E-state index is 0.291. The molecule has 0 saturated carbocycles. The van der Waals surface area contributed by atoms with E-state index in [2.05, 4.69) is 23.8 Å². The second-order valence-corrected chi connectivity index (χ2v) is 6.83. The lowest BCUT2D eigenvalue weighted by Gasteiger charge is -2.27. The van der Waals surface area contributed by atoms with Gasteiger partial charge in [-0.3, -0.25) is 9.69 Å². The number of aromatic nitrogens is 1. The Hall–Kier alpha value is -0.940. The Morgan fingerprint density at radius 1 is 1.40 bits per heavy atom. The van der Waals surface area contributed by atoms with Gasteiger partial charge < -0.3 is 4.90 Å². The number of likely N-dealkylation sites (tertiary alicyclic amines) is 1. The average molecular weight is 293 g/mol. The number of fused-ring (bicyclic) bond motifs is 1. The van der Waals surface area contributed by atoms with Crippen molar-refractivity contribution in [2.24, 2.45) is 0 Å². The van der Waals surface area contributed by atoms with E-state index in [1.807, 2.05) is 0 Å². The minimum absolute atomic E-state index is 0.291. The third-order valence-electron chi connectivity index (χ3n) is 4.47. The number of rotatable bonds is 4. The van der Waals surface area contributed by atoms with E-state index in [0.29, 0.717) is 18.2 Å². The molecule has 20 heavy (non-hydrogen) atoms. The standard InChI is InChI=1S/C15H23N3OS/c1-3-18-9-5-6-11(18)10-17(2)15-16-12-7-4-8-13(19)14(12)20-15/h11H,3-10H2,1-2H3. The molecule has 1 fully saturated rings. The molecule has 1 aromatic rings. The highest BCUT2D eigenvalue weighted by atomic mass is 32.1. The normalized spacial score (nSPS) is 23.1. The van der Waals surface area contributed by atoms with Crippen LogP contribution in [0.4, 0.5) is 5.13 Å². The predicted molar refractivity (Wildman–Crippen MR) is 82.9 cm³/mol. The Balaban J connectivity index is 1.71. The van der Waals surface area contributed by atoms with Gasteiger partial charge in [-0.05, 0) is 38.8 Å². The zero-order valence-corrected chi connectivity index (χ0v) is 13.2. The Bertz CT molecular complexity index is 499. The molecule has 1 aromatic heterocycles. The first-order chi connectivity index (χ1) is 9.69. The maximum absolute atomic E-state index is 11.9. The highest BCUT2D eigenvalue weighted by Gasteiger charge is 2.27. The molecule has 1 aliphatic heterocycles. The Labute approximate surface area is 124 Å². The van der Waals surface area contributed by atoms with Gasteiger partial charge in [0, 0.05) is 26.1 Å². The fourth-order valence-electron chi connectivity index (χ4n) is 3.33. The van der Waals surface area contributed by atoms with E-state index in [1.165, 1.54) is 19.4 Å². The van der Waals surface area contributed by atoms with Gasteiger partial charge in [-0.2, -0.15) is 0 Å². The van der Waals surface area contributed by atoms with Crippen molar-refractivity contribution in [2.45, 2.75) is 45.1 Å². The van der Waals surface area contributed by atoms with Crippen molar-refractivity contribution in [3.05, 3.63) is 10.6 Å². The quantitative estimate of drug-likeness (QED) is 0.855. The van der Waals surface area contributed by atoms with E-state index in [4.69, 9.17) is 4.98 Å². The van der Waals surface area contributed by atoms with Crippen molar-refractivity contribution in [3.8, 4) is 0 Å². The SMILES string of the molecule is CCN1CCCC1CN(C)c1nc2c(s1)C(=O)CCC2. The monoisotopic (exact) mass is 293 g/mol. The van der Waals surface area contributed by atoms with Gasteiger partial charge in [0.25, 0.3) is 0 Å². The van der Waals surface area contributed by atoms with E-state index in [-0.39, 0.29) is 0 Å². The van der Waals surface area contributed by atoms with Crippen LogP contribution in [0.3, 0.4) is 0 Å². The summed E-state index contributed by atoms with van der Waals surface area (Å²) in [6.45, 7) is 5.61. The molecule has 2 heterocycles. The molecule has 3 rings (SSSR count). The van der Waals surface area contributed by atoms with Crippen molar-refractivity contribution in [1.82, 2.24) is 9.88 Å². The predicted octanol–water partition coefficient (Wildman–Crippen LogP) is 2.58. The van der Waals surface area contributed by atoms with Crippen LogP contribution in [0.2, 0.25) is 0 Å². The van der Waals surface area contributed by atoms with Crippen molar-refractivity contribution >= 4 is 22.3 Å². The summed E-state index contributed by atoms with van der Waals surface area (Å²) in [7, 11) is 2.11. The van der Waals surface area contributed by atoms with Crippen LogP contribution >= 0.6 is 11.3 Å². The molecule has 0 bridgehead atoms. The van der Waals surface area contributed by atoms with Crippen LogP contribution in [0.5, 0.6) is 0 Å². The second kappa shape index (κ2) is 5.82. The van der Waals surface area contributed by atoms with Gasteiger partial charge >= 0.3 is 0 Å². The van der Waals surface area contributed by atoms with Gasteiger partial charge in [0.15, 0.2) is 10.9 Å². The summed E-state index contributed by atoms with van der Waals surface area (Å²) >= 11 is 1.59. The topological polar surface area (TPSA) is 36.4 Å². The molecule has 2 aliphatic rings.